The molecule has 0 fully saturated rings. The lowest BCUT2D eigenvalue weighted by Gasteiger charge is -2.28. The highest BCUT2D eigenvalue weighted by Crippen LogP contribution is 2.33. The highest BCUT2D eigenvalue weighted by molar-refractivity contribution is 9.10. The van der Waals surface area contributed by atoms with Gasteiger partial charge in [0.1, 0.15) is 0 Å². The molecule has 144 valence electrons. The molecule has 2 aromatic rings. The van der Waals surface area contributed by atoms with Crippen molar-refractivity contribution in [2.45, 2.75) is 19.9 Å². The molecule has 9 heteroatoms. The zero-order valence-corrected chi connectivity index (χ0v) is 16.7. The number of benzene rings is 2. The fraction of sp³-hybridized carbons (Fsp3) is 0.158. The van der Waals surface area contributed by atoms with Gasteiger partial charge in [0.15, 0.2) is 0 Å². The molecule has 0 spiro atoms. The van der Waals surface area contributed by atoms with Crippen LogP contribution in [0.4, 0.5) is 16.2 Å². The molecule has 0 radical (unpaired) electrons. The minimum atomic E-state index is -0.828. The van der Waals surface area contributed by atoms with Crippen molar-refractivity contribution < 1.29 is 14.5 Å². The predicted molar refractivity (Wildman–Crippen MR) is 108 cm³/mol. The SMILES string of the molecule is CC1=C(C(=O)Nc2ccc(C)cc2)C(c2ccc(Br)c([N+](=O)[O-])c2)NC(=O)N1. The largest absolute Gasteiger partial charge is 0.327 e. The number of nitro benzene ring substituents is 1. The lowest BCUT2D eigenvalue weighted by atomic mass is 9.94. The molecule has 0 saturated carbocycles. The van der Waals surface area contributed by atoms with Gasteiger partial charge in [-0.1, -0.05) is 23.8 Å². The van der Waals surface area contributed by atoms with Crippen molar-refractivity contribution in [1.29, 1.82) is 0 Å². The monoisotopic (exact) mass is 444 g/mol. The van der Waals surface area contributed by atoms with E-state index in [2.05, 4.69) is 31.9 Å². The summed E-state index contributed by atoms with van der Waals surface area (Å²) in [4.78, 5) is 35.6. The van der Waals surface area contributed by atoms with Crippen LogP contribution in [-0.4, -0.2) is 16.9 Å². The second-order valence-electron chi connectivity index (χ2n) is 6.36. The van der Waals surface area contributed by atoms with Gasteiger partial charge in [-0.25, -0.2) is 4.79 Å². The third kappa shape index (κ3) is 4.04. The molecule has 0 aliphatic carbocycles. The van der Waals surface area contributed by atoms with E-state index >= 15 is 0 Å². The number of amides is 3. The Bertz CT molecular complexity index is 1000. The van der Waals surface area contributed by atoms with Gasteiger partial charge in [0, 0.05) is 17.5 Å². The van der Waals surface area contributed by atoms with Gasteiger partial charge in [0.25, 0.3) is 11.6 Å². The zero-order valence-electron chi connectivity index (χ0n) is 15.1. The summed E-state index contributed by atoms with van der Waals surface area (Å²) in [6.07, 6.45) is 0. The Morgan fingerprint density at radius 1 is 1.18 bits per heavy atom. The van der Waals surface area contributed by atoms with Gasteiger partial charge in [-0.2, -0.15) is 0 Å². The zero-order chi connectivity index (χ0) is 20.4. The van der Waals surface area contributed by atoms with Crippen molar-refractivity contribution in [2.24, 2.45) is 0 Å². The van der Waals surface area contributed by atoms with Crippen molar-refractivity contribution in [3.63, 3.8) is 0 Å². The maximum absolute atomic E-state index is 12.9. The third-order valence-corrected chi connectivity index (χ3v) is 4.99. The quantitative estimate of drug-likeness (QED) is 0.489. The normalized spacial score (nSPS) is 16.2. The average Bonchev–Trinajstić information content (AvgIpc) is 2.63. The molecule has 28 heavy (non-hydrogen) atoms. The smallest absolute Gasteiger partial charge is 0.319 e. The van der Waals surface area contributed by atoms with E-state index in [1.165, 1.54) is 12.1 Å². The van der Waals surface area contributed by atoms with E-state index in [0.717, 1.165) is 5.56 Å². The highest BCUT2D eigenvalue weighted by Gasteiger charge is 2.32. The summed E-state index contributed by atoms with van der Waals surface area (Å²) in [5.41, 5.74) is 2.59. The number of hydrogen-bond acceptors (Lipinski definition) is 4. The van der Waals surface area contributed by atoms with Crippen LogP contribution < -0.4 is 16.0 Å². The standard InChI is InChI=1S/C19H17BrN4O4/c1-10-3-6-13(7-4-10)22-18(25)16-11(2)21-19(26)23-17(16)12-5-8-14(20)15(9-12)24(27)28/h3-9,17H,1-2H3,(H,22,25)(H2,21,23,26). The van der Waals surface area contributed by atoms with Gasteiger partial charge in [0.2, 0.25) is 0 Å². The summed E-state index contributed by atoms with van der Waals surface area (Å²) in [7, 11) is 0. The lowest BCUT2D eigenvalue weighted by molar-refractivity contribution is -0.385. The molecule has 0 saturated heterocycles. The van der Waals surface area contributed by atoms with Crippen LogP contribution in [0.2, 0.25) is 0 Å². The number of nitro groups is 1. The number of rotatable bonds is 4. The summed E-state index contributed by atoms with van der Waals surface area (Å²) in [6.45, 7) is 3.55. The van der Waals surface area contributed by atoms with Crippen molar-refractivity contribution in [3.05, 3.63) is 79.4 Å². The van der Waals surface area contributed by atoms with Crippen LogP contribution >= 0.6 is 15.9 Å². The van der Waals surface area contributed by atoms with Crippen LogP contribution in [0.15, 0.2) is 58.2 Å². The first kappa shape index (κ1) is 19.6. The van der Waals surface area contributed by atoms with E-state index in [4.69, 9.17) is 0 Å². The molecule has 3 N–H and O–H groups in total. The van der Waals surface area contributed by atoms with Crippen molar-refractivity contribution in [1.82, 2.24) is 10.6 Å². The Balaban J connectivity index is 1.99. The molecule has 1 heterocycles. The number of nitrogens with zero attached hydrogens (tertiary/aromatic N) is 1. The minimum absolute atomic E-state index is 0.152. The number of urea groups is 1. The molecule has 1 atom stereocenters. The molecule has 3 amide bonds. The predicted octanol–water partition coefficient (Wildman–Crippen LogP) is 3.93. The lowest BCUT2D eigenvalue weighted by Crippen LogP contribution is -2.46. The Labute approximate surface area is 169 Å². The van der Waals surface area contributed by atoms with Gasteiger partial charge in [0.05, 0.1) is 21.0 Å². The van der Waals surface area contributed by atoms with Crippen LogP contribution in [0.3, 0.4) is 0 Å². The maximum atomic E-state index is 12.9. The Morgan fingerprint density at radius 3 is 2.50 bits per heavy atom. The van der Waals surface area contributed by atoms with Gasteiger partial charge < -0.3 is 16.0 Å². The number of carbonyl (C=O) groups is 2. The van der Waals surface area contributed by atoms with E-state index in [1.807, 2.05) is 19.1 Å². The fourth-order valence-electron chi connectivity index (χ4n) is 2.93. The second-order valence-corrected chi connectivity index (χ2v) is 7.21. The fourth-order valence-corrected chi connectivity index (χ4v) is 3.32. The van der Waals surface area contributed by atoms with E-state index in [-0.39, 0.29) is 11.3 Å². The number of hydrogen-bond donors (Lipinski definition) is 3. The Kier molecular flexibility index (Phi) is 5.46. The molecule has 3 rings (SSSR count). The number of anilines is 1. The van der Waals surface area contributed by atoms with Crippen LogP contribution in [0.25, 0.3) is 0 Å². The van der Waals surface area contributed by atoms with Gasteiger partial charge in [-0.05, 0) is 53.5 Å². The summed E-state index contributed by atoms with van der Waals surface area (Å²) in [5, 5.41) is 19.3. The molecule has 8 nitrogen and oxygen atoms in total. The number of nitrogens with one attached hydrogen (secondary N) is 3. The third-order valence-electron chi connectivity index (χ3n) is 4.32. The topological polar surface area (TPSA) is 113 Å². The molecule has 1 aliphatic rings. The van der Waals surface area contributed by atoms with Crippen LogP contribution in [0.5, 0.6) is 0 Å². The van der Waals surface area contributed by atoms with Crippen molar-refractivity contribution in [2.75, 3.05) is 5.32 Å². The summed E-state index contributed by atoms with van der Waals surface area (Å²) in [5.74, 6) is -0.413. The molecule has 2 aromatic carbocycles. The van der Waals surface area contributed by atoms with Crippen molar-refractivity contribution in [3.8, 4) is 0 Å². The maximum Gasteiger partial charge on any atom is 0.319 e. The number of carbonyl (C=O) groups excluding carboxylic acids is 2. The highest BCUT2D eigenvalue weighted by atomic mass is 79.9. The van der Waals surface area contributed by atoms with E-state index in [9.17, 15) is 19.7 Å². The van der Waals surface area contributed by atoms with E-state index in [1.54, 1.807) is 25.1 Å². The number of allylic oxidation sites excluding steroid dienone is 1. The minimum Gasteiger partial charge on any atom is -0.327 e. The van der Waals surface area contributed by atoms with Gasteiger partial charge in [-0.15, -0.1) is 0 Å². The summed E-state index contributed by atoms with van der Waals surface area (Å²) >= 11 is 3.14. The first-order valence-corrected chi connectivity index (χ1v) is 9.15. The first-order chi connectivity index (χ1) is 13.3. The molecule has 0 bridgehead atoms. The summed E-state index contributed by atoms with van der Waals surface area (Å²) in [6, 6.07) is 10.5. The molecular formula is C19H17BrN4O4. The van der Waals surface area contributed by atoms with E-state index < -0.39 is 22.9 Å². The number of halogens is 1. The average molecular weight is 445 g/mol. The molecule has 0 aromatic heterocycles. The number of aryl methyl sites for hydroxylation is 1. The van der Waals surface area contributed by atoms with Gasteiger partial charge >= 0.3 is 6.03 Å². The molecule has 1 aliphatic heterocycles. The molecular weight excluding hydrogens is 428 g/mol. The molecule has 1 unspecified atom stereocenters. The van der Waals surface area contributed by atoms with Crippen molar-refractivity contribution >= 4 is 39.2 Å². The first-order valence-electron chi connectivity index (χ1n) is 8.36. The van der Waals surface area contributed by atoms with Crippen LogP contribution in [0.1, 0.15) is 24.1 Å². The van der Waals surface area contributed by atoms with E-state index in [0.29, 0.717) is 21.4 Å². The van der Waals surface area contributed by atoms with Gasteiger partial charge in [-0.3, -0.25) is 14.9 Å². The van der Waals surface area contributed by atoms with Crippen LogP contribution in [-0.2, 0) is 4.79 Å². The summed E-state index contributed by atoms with van der Waals surface area (Å²) < 4.78 is 0.313. The Hall–Kier alpha value is -3.20. The van der Waals surface area contributed by atoms with Crippen LogP contribution in [0, 0.1) is 17.0 Å². The Morgan fingerprint density at radius 2 is 1.86 bits per heavy atom. The second kappa shape index (κ2) is 7.81.